The first kappa shape index (κ1) is 11.0. The number of aromatic nitrogens is 1. The Kier molecular flexibility index (Phi) is 2.67. The first-order valence-corrected chi connectivity index (χ1v) is 5.09. The lowest BCUT2D eigenvalue weighted by atomic mass is 10.1. The molecule has 2 aromatic rings. The smallest absolute Gasteiger partial charge is 0.259 e. The topological polar surface area (TPSA) is 71.8 Å². The number of carbonyl (C=O) groups excluding carboxylic acids is 1. The summed E-state index contributed by atoms with van der Waals surface area (Å²) in [6.07, 6.45) is 3.38. The Morgan fingerprint density at radius 1 is 1.47 bits per heavy atom. The quantitative estimate of drug-likeness (QED) is 0.622. The van der Waals surface area contributed by atoms with E-state index in [0.29, 0.717) is 0 Å². The molecule has 4 heteroatoms. The molecule has 0 saturated heterocycles. The van der Waals surface area contributed by atoms with Crippen LogP contribution in [0.3, 0.4) is 0 Å². The van der Waals surface area contributed by atoms with Crippen molar-refractivity contribution >= 4 is 22.9 Å². The molecule has 0 radical (unpaired) electrons. The van der Waals surface area contributed by atoms with Crippen LogP contribution >= 0.6 is 0 Å². The third kappa shape index (κ3) is 1.91. The molecule has 84 valence electrons. The summed E-state index contributed by atoms with van der Waals surface area (Å²) < 4.78 is 1.94. The van der Waals surface area contributed by atoms with E-state index >= 15 is 0 Å². The van der Waals surface area contributed by atoms with E-state index in [-0.39, 0.29) is 5.57 Å². The maximum Gasteiger partial charge on any atom is 0.259 e. The van der Waals surface area contributed by atoms with Gasteiger partial charge >= 0.3 is 0 Å². The summed E-state index contributed by atoms with van der Waals surface area (Å²) in [6, 6.07) is 9.57. The van der Waals surface area contributed by atoms with Crippen molar-refractivity contribution < 1.29 is 4.79 Å². The number of hydrogen-bond donors (Lipinski definition) is 1. The lowest BCUT2D eigenvalue weighted by Gasteiger charge is -1.93. The molecular weight excluding hydrogens is 214 g/mol. The van der Waals surface area contributed by atoms with Gasteiger partial charge in [-0.15, -0.1) is 0 Å². The third-order valence-electron chi connectivity index (χ3n) is 2.61. The lowest BCUT2D eigenvalue weighted by Crippen LogP contribution is -2.12. The van der Waals surface area contributed by atoms with Crippen molar-refractivity contribution in [2.45, 2.75) is 0 Å². The minimum absolute atomic E-state index is 0.0404. The van der Waals surface area contributed by atoms with Crippen LogP contribution in [-0.2, 0) is 11.8 Å². The molecular formula is C13H11N3O. The van der Waals surface area contributed by atoms with Crippen molar-refractivity contribution in [1.82, 2.24) is 4.57 Å². The van der Waals surface area contributed by atoms with Crippen molar-refractivity contribution in [2.24, 2.45) is 12.8 Å². The Balaban J connectivity index is 2.65. The fraction of sp³-hybridized carbons (Fsp3) is 0.0769. The van der Waals surface area contributed by atoms with Gasteiger partial charge in [-0.3, -0.25) is 4.79 Å². The lowest BCUT2D eigenvalue weighted by molar-refractivity contribution is -0.114. The van der Waals surface area contributed by atoms with Crippen LogP contribution < -0.4 is 5.73 Å². The Morgan fingerprint density at radius 2 is 2.18 bits per heavy atom. The van der Waals surface area contributed by atoms with Crippen LogP contribution in [0.15, 0.2) is 36.0 Å². The van der Waals surface area contributed by atoms with Crippen molar-refractivity contribution in [3.05, 3.63) is 41.6 Å². The average molecular weight is 225 g/mol. The molecule has 0 atom stereocenters. The third-order valence-corrected chi connectivity index (χ3v) is 2.61. The van der Waals surface area contributed by atoms with Crippen molar-refractivity contribution in [3.63, 3.8) is 0 Å². The zero-order valence-corrected chi connectivity index (χ0v) is 9.34. The maximum atomic E-state index is 11.0. The van der Waals surface area contributed by atoms with E-state index in [9.17, 15) is 4.79 Å². The predicted octanol–water partition coefficient (Wildman–Crippen LogP) is 1.57. The van der Waals surface area contributed by atoms with Crippen molar-refractivity contribution in [2.75, 3.05) is 0 Å². The number of nitrogens with zero attached hydrogens (tertiary/aromatic N) is 2. The highest BCUT2D eigenvalue weighted by atomic mass is 16.1. The summed E-state index contributed by atoms with van der Waals surface area (Å²) in [6.45, 7) is 0. The molecule has 4 nitrogen and oxygen atoms in total. The first-order valence-electron chi connectivity index (χ1n) is 5.09. The molecule has 0 unspecified atom stereocenters. The second kappa shape index (κ2) is 4.14. The van der Waals surface area contributed by atoms with Crippen molar-refractivity contribution in [1.29, 1.82) is 5.26 Å². The summed E-state index contributed by atoms with van der Waals surface area (Å²) in [4.78, 5) is 11.0. The van der Waals surface area contributed by atoms with Crippen LogP contribution in [-0.4, -0.2) is 10.5 Å². The largest absolute Gasteiger partial charge is 0.365 e. The summed E-state index contributed by atoms with van der Waals surface area (Å²) in [5.74, 6) is -0.708. The van der Waals surface area contributed by atoms with E-state index in [1.807, 2.05) is 42.1 Å². The fourth-order valence-electron chi connectivity index (χ4n) is 1.80. The van der Waals surface area contributed by atoms with Gasteiger partial charge in [0.1, 0.15) is 11.6 Å². The van der Waals surface area contributed by atoms with E-state index in [1.54, 1.807) is 6.07 Å². The molecule has 0 aliphatic rings. The SMILES string of the molecule is Cn1cc(C=C(C#N)C(N)=O)c2ccccc21. The van der Waals surface area contributed by atoms with Gasteiger partial charge in [-0.1, -0.05) is 18.2 Å². The van der Waals surface area contributed by atoms with Gasteiger partial charge < -0.3 is 10.3 Å². The van der Waals surface area contributed by atoms with Gasteiger partial charge in [0.2, 0.25) is 0 Å². The number of rotatable bonds is 2. The Bertz CT molecular complexity index is 659. The van der Waals surface area contributed by atoms with Crippen LogP contribution in [0.1, 0.15) is 5.56 Å². The molecule has 1 aromatic carbocycles. The number of carbonyl (C=O) groups is 1. The molecule has 0 fully saturated rings. The molecule has 2 rings (SSSR count). The molecule has 0 spiro atoms. The minimum Gasteiger partial charge on any atom is -0.365 e. The van der Waals surface area contributed by atoms with Crippen LogP contribution in [0, 0.1) is 11.3 Å². The van der Waals surface area contributed by atoms with Gasteiger partial charge in [0.15, 0.2) is 0 Å². The van der Waals surface area contributed by atoms with E-state index in [4.69, 9.17) is 11.0 Å². The van der Waals surface area contributed by atoms with E-state index in [1.165, 1.54) is 6.08 Å². The molecule has 0 aliphatic heterocycles. The number of para-hydroxylation sites is 1. The van der Waals surface area contributed by atoms with E-state index < -0.39 is 5.91 Å². The zero-order valence-electron chi connectivity index (χ0n) is 9.34. The summed E-state index contributed by atoms with van der Waals surface area (Å²) >= 11 is 0. The number of primary amides is 1. The molecule has 0 bridgehead atoms. The van der Waals surface area contributed by atoms with Gasteiger partial charge in [0.25, 0.3) is 5.91 Å². The van der Waals surface area contributed by atoms with Crippen LogP contribution in [0.2, 0.25) is 0 Å². The molecule has 0 aliphatic carbocycles. The Morgan fingerprint density at radius 3 is 2.82 bits per heavy atom. The van der Waals surface area contributed by atoms with Gasteiger partial charge in [0, 0.05) is 29.7 Å². The number of amides is 1. The highest BCUT2D eigenvalue weighted by Crippen LogP contribution is 2.22. The number of hydrogen-bond acceptors (Lipinski definition) is 2. The Hall–Kier alpha value is -2.54. The number of aryl methyl sites for hydroxylation is 1. The summed E-state index contributed by atoms with van der Waals surface area (Å²) in [5.41, 5.74) is 6.93. The van der Waals surface area contributed by atoms with E-state index in [2.05, 4.69) is 0 Å². The second-order valence-corrected chi connectivity index (χ2v) is 3.75. The van der Waals surface area contributed by atoms with Crippen LogP contribution in [0.25, 0.3) is 17.0 Å². The van der Waals surface area contributed by atoms with Gasteiger partial charge in [-0.25, -0.2) is 0 Å². The number of benzene rings is 1. The van der Waals surface area contributed by atoms with Crippen LogP contribution in [0.5, 0.6) is 0 Å². The number of fused-ring (bicyclic) bond motifs is 1. The summed E-state index contributed by atoms with van der Waals surface area (Å²) in [5, 5.41) is 9.80. The molecule has 1 aromatic heterocycles. The van der Waals surface area contributed by atoms with Crippen LogP contribution in [0.4, 0.5) is 0 Å². The Labute approximate surface area is 98.6 Å². The molecule has 1 amide bonds. The molecule has 0 saturated carbocycles. The molecule has 2 N–H and O–H groups in total. The van der Waals surface area contributed by atoms with Gasteiger partial charge in [0.05, 0.1) is 0 Å². The zero-order chi connectivity index (χ0) is 12.4. The highest BCUT2D eigenvalue weighted by molar-refractivity contribution is 6.03. The number of nitriles is 1. The second-order valence-electron chi connectivity index (χ2n) is 3.75. The van der Waals surface area contributed by atoms with Gasteiger partial charge in [-0.2, -0.15) is 5.26 Å². The standard InChI is InChI=1S/C13H11N3O/c1-16-8-10(6-9(7-14)13(15)17)11-4-2-3-5-12(11)16/h2-6,8H,1H3,(H2,15,17). The first-order chi connectivity index (χ1) is 8.13. The molecule has 17 heavy (non-hydrogen) atoms. The van der Waals surface area contributed by atoms with E-state index in [0.717, 1.165) is 16.5 Å². The fourth-order valence-corrected chi connectivity index (χ4v) is 1.80. The van der Waals surface area contributed by atoms with Gasteiger partial charge in [-0.05, 0) is 12.1 Å². The molecule has 1 heterocycles. The normalized spacial score (nSPS) is 11.4. The predicted molar refractivity (Wildman–Crippen MR) is 65.7 cm³/mol. The monoisotopic (exact) mass is 225 g/mol. The maximum absolute atomic E-state index is 11.0. The van der Waals surface area contributed by atoms with Crippen molar-refractivity contribution in [3.8, 4) is 6.07 Å². The minimum atomic E-state index is -0.708. The highest BCUT2D eigenvalue weighted by Gasteiger charge is 2.07. The summed E-state index contributed by atoms with van der Waals surface area (Å²) in [7, 11) is 1.91. The number of nitrogens with two attached hydrogens (primary N) is 1. The average Bonchev–Trinajstić information content (AvgIpc) is 2.63.